The SMILES string of the molecule is COc1cc(P(C)(C)=O)ccc1-c1cn(COCC[Si](C)(C)C)c2nc(N)nc(Nc3ccccc3S(=O)(=O)C(C)C)c12. The molecule has 0 amide bonds. The summed E-state index contributed by atoms with van der Waals surface area (Å²) in [5.74, 6) is 0.894. The van der Waals surface area contributed by atoms with E-state index in [0.717, 1.165) is 17.2 Å². The van der Waals surface area contributed by atoms with Crippen molar-refractivity contribution in [2.75, 3.05) is 38.1 Å². The predicted molar refractivity (Wildman–Crippen MR) is 179 cm³/mol. The maximum Gasteiger partial charge on any atom is 0.224 e. The summed E-state index contributed by atoms with van der Waals surface area (Å²) in [7, 11) is -5.89. The minimum absolute atomic E-state index is 0.0208. The second-order valence-corrected chi connectivity index (χ2v) is 23.8. The zero-order valence-corrected chi connectivity index (χ0v) is 28.8. The van der Waals surface area contributed by atoms with Crippen molar-refractivity contribution in [3.63, 3.8) is 0 Å². The molecule has 4 rings (SSSR count). The normalized spacial score (nSPS) is 12.7. The Kier molecular flexibility index (Phi) is 9.46. The lowest BCUT2D eigenvalue weighted by molar-refractivity contribution is 0.0899. The average molecular weight is 644 g/mol. The molecule has 0 saturated heterocycles. The third-order valence-electron chi connectivity index (χ3n) is 7.12. The Balaban J connectivity index is 1.93. The van der Waals surface area contributed by atoms with Crippen LogP contribution in [0.3, 0.4) is 0 Å². The van der Waals surface area contributed by atoms with Crippen molar-refractivity contribution in [1.82, 2.24) is 14.5 Å². The number of fused-ring (bicyclic) bond motifs is 1. The first-order chi connectivity index (χ1) is 20.0. The van der Waals surface area contributed by atoms with Crippen LogP contribution in [-0.4, -0.2) is 63.3 Å². The topological polar surface area (TPSA) is 138 Å². The summed E-state index contributed by atoms with van der Waals surface area (Å²) in [6, 6.07) is 13.2. The van der Waals surface area contributed by atoms with E-state index in [9.17, 15) is 13.0 Å². The van der Waals surface area contributed by atoms with E-state index in [-0.39, 0.29) is 17.6 Å². The molecule has 43 heavy (non-hydrogen) atoms. The number of nitrogens with two attached hydrogens (primary N) is 1. The van der Waals surface area contributed by atoms with Crippen LogP contribution in [0.2, 0.25) is 25.7 Å². The van der Waals surface area contributed by atoms with Gasteiger partial charge in [0, 0.05) is 37.3 Å². The maximum absolute atomic E-state index is 13.2. The smallest absolute Gasteiger partial charge is 0.224 e. The number of ether oxygens (including phenoxy) is 2. The molecule has 13 heteroatoms. The first-order valence-electron chi connectivity index (χ1n) is 14.1. The Morgan fingerprint density at radius 3 is 2.40 bits per heavy atom. The van der Waals surface area contributed by atoms with E-state index in [1.807, 2.05) is 22.9 Å². The number of para-hydroxylation sites is 1. The van der Waals surface area contributed by atoms with E-state index in [1.165, 1.54) is 0 Å². The van der Waals surface area contributed by atoms with Gasteiger partial charge in [0.25, 0.3) is 0 Å². The van der Waals surface area contributed by atoms with E-state index in [2.05, 4.69) is 34.9 Å². The fraction of sp³-hybridized carbons (Fsp3) is 0.400. The van der Waals surface area contributed by atoms with Gasteiger partial charge < -0.3 is 29.7 Å². The highest BCUT2D eigenvalue weighted by molar-refractivity contribution is 7.92. The molecule has 0 aliphatic rings. The molecule has 2 aromatic heterocycles. The largest absolute Gasteiger partial charge is 0.496 e. The van der Waals surface area contributed by atoms with Crippen molar-refractivity contribution in [1.29, 1.82) is 0 Å². The molecular weight excluding hydrogens is 601 g/mol. The van der Waals surface area contributed by atoms with Gasteiger partial charge >= 0.3 is 0 Å². The second-order valence-electron chi connectivity index (χ2n) is 12.4. The molecule has 2 heterocycles. The predicted octanol–water partition coefficient (Wildman–Crippen LogP) is 6.18. The lowest BCUT2D eigenvalue weighted by atomic mass is 10.0. The van der Waals surface area contributed by atoms with E-state index >= 15 is 0 Å². The first kappa shape index (κ1) is 32.7. The van der Waals surface area contributed by atoms with Gasteiger partial charge in [0.1, 0.15) is 31.1 Å². The summed E-state index contributed by atoms with van der Waals surface area (Å²) in [6.45, 7) is 14.5. The molecule has 0 unspecified atom stereocenters. The minimum Gasteiger partial charge on any atom is -0.496 e. The third-order valence-corrected chi connectivity index (χ3v) is 12.6. The molecule has 0 atom stereocenters. The van der Waals surface area contributed by atoms with Crippen molar-refractivity contribution >= 4 is 58.8 Å². The highest BCUT2D eigenvalue weighted by Crippen LogP contribution is 2.43. The van der Waals surface area contributed by atoms with Crippen LogP contribution in [0, 0.1) is 0 Å². The summed E-state index contributed by atoms with van der Waals surface area (Å²) in [4.78, 5) is 9.27. The number of methoxy groups -OCH3 is 1. The van der Waals surface area contributed by atoms with Crippen LogP contribution in [0.15, 0.2) is 53.6 Å². The van der Waals surface area contributed by atoms with Crippen LogP contribution in [-0.2, 0) is 25.9 Å². The molecule has 0 spiro atoms. The van der Waals surface area contributed by atoms with Gasteiger partial charge in [-0.2, -0.15) is 9.97 Å². The highest BCUT2D eigenvalue weighted by Gasteiger charge is 2.26. The molecule has 10 nitrogen and oxygen atoms in total. The molecule has 4 aromatic rings. The Morgan fingerprint density at radius 1 is 1.07 bits per heavy atom. The van der Waals surface area contributed by atoms with Gasteiger partial charge in [-0.1, -0.05) is 37.8 Å². The number of nitrogens with one attached hydrogen (secondary N) is 1. The van der Waals surface area contributed by atoms with Crippen LogP contribution < -0.4 is 21.1 Å². The van der Waals surface area contributed by atoms with Crippen LogP contribution in [0.1, 0.15) is 13.8 Å². The van der Waals surface area contributed by atoms with Crippen LogP contribution in [0.4, 0.5) is 17.5 Å². The average Bonchev–Trinajstić information content (AvgIpc) is 3.28. The van der Waals surface area contributed by atoms with Crippen molar-refractivity contribution in [2.24, 2.45) is 0 Å². The molecule has 0 radical (unpaired) electrons. The number of hydrogen-bond acceptors (Lipinski definition) is 9. The Morgan fingerprint density at radius 2 is 1.77 bits per heavy atom. The van der Waals surface area contributed by atoms with Gasteiger partial charge in [-0.25, -0.2) is 8.42 Å². The van der Waals surface area contributed by atoms with Gasteiger partial charge in [-0.05, 0) is 57.5 Å². The van der Waals surface area contributed by atoms with E-state index in [4.69, 9.17) is 15.2 Å². The quantitative estimate of drug-likeness (QED) is 0.105. The summed E-state index contributed by atoms with van der Waals surface area (Å²) in [5.41, 5.74) is 8.56. The van der Waals surface area contributed by atoms with Gasteiger partial charge in [-0.3, -0.25) is 0 Å². The molecule has 0 saturated carbocycles. The van der Waals surface area contributed by atoms with Crippen molar-refractivity contribution in [3.8, 4) is 16.9 Å². The minimum atomic E-state index is -3.61. The highest BCUT2D eigenvalue weighted by atomic mass is 32.2. The van der Waals surface area contributed by atoms with Crippen molar-refractivity contribution < 1.29 is 22.5 Å². The van der Waals surface area contributed by atoms with Crippen LogP contribution >= 0.6 is 7.14 Å². The first-order valence-corrected chi connectivity index (χ1v) is 22.0. The summed E-state index contributed by atoms with van der Waals surface area (Å²) < 4.78 is 53.0. The number of anilines is 3. The van der Waals surface area contributed by atoms with Crippen LogP contribution in [0.25, 0.3) is 22.2 Å². The molecular formula is C30H42N5O5PSSi. The number of benzene rings is 2. The van der Waals surface area contributed by atoms with Gasteiger partial charge in [0.15, 0.2) is 9.84 Å². The summed E-state index contributed by atoms with van der Waals surface area (Å²) in [5, 5.41) is 3.94. The van der Waals surface area contributed by atoms with Crippen molar-refractivity contribution in [2.45, 2.75) is 56.4 Å². The molecule has 3 N–H and O–H groups in total. The number of nitrogen functional groups attached to an aromatic ring is 1. The number of nitrogens with zero attached hydrogens (tertiary/aromatic N) is 3. The standard InChI is InChI=1S/C30H42N5O5PSSi/c1-20(2)42(37,38)26-12-10-9-11-24(26)32-28-27-23(22-14-13-21(41(4,5)36)17-25(22)39-3)18-35(29(27)34-30(31)33-28)19-40-15-16-43(6,7)8/h9-14,17-18,20H,15-16,19H2,1-8H3,(H3,31,32,33,34). The summed E-state index contributed by atoms with van der Waals surface area (Å²) >= 11 is 0. The maximum atomic E-state index is 13.2. The molecule has 0 aliphatic carbocycles. The van der Waals surface area contributed by atoms with E-state index in [0.29, 0.717) is 40.2 Å². The number of hydrogen-bond donors (Lipinski definition) is 2. The lowest BCUT2D eigenvalue weighted by Crippen LogP contribution is -2.22. The monoisotopic (exact) mass is 643 g/mol. The second kappa shape index (κ2) is 12.4. The van der Waals surface area contributed by atoms with Crippen molar-refractivity contribution in [3.05, 3.63) is 48.7 Å². The number of sulfone groups is 1. The Labute approximate surface area is 255 Å². The summed E-state index contributed by atoms with van der Waals surface area (Å²) in [6.07, 6.45) is 1.91. The van der Waals surface area contributed by atoms with Gasteiger partial charge in [-0.15, -0.1) is 0 Å². The van der Waals surface area contributed by atoms with Gasteiger partial charge in [0.2, 0.25) is 5.95 Å². The Bertz CT molecular complexity index is 1790. The third kappa shape index (κ3) is 7.31. The van der Waals surface area contributed by atoms with Crippen LogP contribution in [0.5, 0.6) is 5.75 Å². The molecule has 0 bridgehead atoms. The molecule has 2 aromatic carbocycles. The van der Waals surface area contributed by atoms with E-state index < -0.39 is 30.3 Å². The fourth-order valence-corrected chi connectivity index (χ4v) is 7.39. The number of rotatable bonds is 12. The fourth-order valence-electron chi connectivity index (χ4n) is 4.57. The molecule has 0 aliphatic heterocycles. The number of aromatic nitrogens is 3. The van der Waals surface area contributed by atoms with E-state index in [1.54, 1.807) is 64.6 Å². The molecule has 232 valence electrons. The zero-order valence-electron chi connectivity index (χ0n) is 26.1. The molecule has 0 fully saturated rings. The van der Waals surface area contributed by atoms with Gasteiger partial charge in [0.05, 0.1) is 28.3 Å². The lowest BCUT2D eigenvalue weighted by Gasteiger charge is -2.16. The Hall–Kier alpha value is -3.18. The zero-order chi connectivity index (χ0) is 31.7.